The molecule has 34 heavy (non-hydrogen) atoms. The molecule has 174 valence electrons. The van der Waals surface area contributed by atoms with Gasteiger partial charge < -0.3 is 14.4 Å². The van der Waals surface area contributed by atoms with Gasteiger partial charge >= 0.3 is 11.9 Å². The van der Waals surface area contributed by atoms with E-state index in [2.05, 4.69) is 49.2 Å². The molecule has 0 radical (unpaired) electrons. The summed E-state index contributed by atoms with van der Waals surface area (Å²) >= 11 is 0. The minimum Gasteiger partial charge on any atom is -0.455 e. The molecule has 0 aromatic heterocycles. The highest BCUT2D eigenvalue weighted by Crippen LogP contribution is 2.36. The van der Waals surface area contributed by atoms with Crippen molar-refractivity contribution in [2.75, 3.05) is 4.90 Å². The second kappa shape index (κ2) is 11.1. The highest BCUT2D eigenvalue weighted by Gasteiger charge is 2.16. The van der Waals surface area contributed by atoms with Gasteiger partial charge in [0.1, 0.15) is 12.2 Å². The summed E-state index contributed by atoms with van der Waals surface area (Å²) in [6.07, 6.45) is 1.55. The first-order chi connectivity index (χ1) is 16.3. The molecule has 0 aliphatic rings. The van der Waals surface area contributed by atoms with Gasteiger partial charge in [-0.15, -0.1) is 0 Å². The van der Waals surface area contributed by atoms with Crippen LogP contribution in [0.3, 0.4) is 0 Å². The highest BCUT2D eigenvalue weighted by molar-refractivity contribution is 5.82. The van der Waals surface area contributed by atoms with Crippen LogP contribution in [0.5, 0.6) is 0 Å². The van der Waals surface area contributed by atoms with Gasteiger partial charge in [-0.2, -0.15) is 0 Å². The third-order valence-corrected chi connectivity index (χ3v) is 5.45. The van der Waals surface area contributed by atoms with Crippen LogP contribution >= 0.6 is 0 Å². The molecule has 2 atom stereocenters. The fourth-order valence-corrected chi connectivity index (χ4v) is 3.51. The van der Waals surface area contributed by atoms with E-state index in [0.29, 0.717) is 0 Å². The van der Waals surface area contributed by atoms with Crippen LogP contribution in [0.25, 0.3) is 0 Å². The Hall–Kier alpha value is -4.12. The second-order valence-electron chi connectivity index (χ2n) is 7.92. The van der Waals surface area contributed by atoms with Crippen LogP contribution in [-0.4, -0.2) is 11.9 Å². The minimum atomic E-state index is -0.453. The topological polar surface area (TPSA) is 55.8 Å². The summed E-state index contributed by atoms with van der Waals surface area (Å²) in [7, 11) is 0. The fraction of sp³-hybridized carbons (Fsp3) is 0.172. The monoisotopic (exact) mass is 455 g/mol. The van der Waals surface area contributed by atoms with Crippen LogP contribution in [0.1, 0.15) is 42.7 Å². The van der Waals surface area contributed by atoms with Gasteiger partial charge in [-0.05, 0) is 68.3 Å². The molecule has 0 fully saturated rings. The predicted octanol–water partition coefficient (Wildman–Crippen LogP) is 7.05. The molecule has 3 aromatic carbocycles. The molecule has 0 aliphatic carbocycles. The zero-order valence-electron chi connectivity index (χ0n) is 19.7. The second-order valence-corrected chi connectivity index (χ2v) is 7.92. The van der Waals surface area contributed by atoms with Gasteiger partial charge in [0.05, 0.1) is 0 Å². The van der Waals surface area contributed by atoms with E-state index in [1.54, 1.807) is 0 Å². The van der Waals surface area contributed by atoms with Gasteiger partial charge in [0, 0.05) is 29.2 Å². The average molecular weight is 456 g/mol. The minimum absolute atomic E-state index is 0.383. The third kappa shape index (κ3) is 6.01. The first-order valence-corrected chi connectivity index (χ1v) is 11.0. The van der Waals surface area contributed by atoms with Gasteiger partial charge in [0.2, 0.25) is 0 Å². The molecule has 0 amide bonds. The Balaban J connectivity index is 1.93. The smallest absolute Gasteiger partial charge is 0.330 e. The van der Waals surface area contributed by atoms with Crippen LogP contribution in [-0.2, 0) is 19.1 Å². The third-order valence-electron chi connectivity index (χ3n) is 5.45. The molecule has 0 aliphatic heterocycles. The van der Waals surface area contributed by atoms with Crippen molar-refractivity contribution in [1.29, 1.82) is 0 Å². The summed E-state index contributed by atoms with van der Waals surface area (Å²) < 4.78 is 10.7. The van der Waals surface area contributed by atoms with Crippen molar-refractivity contribution in [3.63, 3.8) is 0 Å². The lowest BCUT2D eigenvalue weighted by atomic mass is 10.1. The van der Waals surface area contributed by atoms with E-state index in [1.807, 2.05) is 62.4 Å². The number of ether oxygens (including phenoxy) is 2. The maximum atomic E-state index is 11.5. The van der Waals surface area contributed by atoms with Crippen molar-refractivity contribution in [3.8, 4) is 0 Å². The Morgan fingerprint density at radius 1 is 0.676 bits per heavy atom. The van der Waals surface area contributed by atoms with Gasteiger partial charge in [-0.25, -0.2) is 9.59 Å². The Morgan fingerprint density at radius 2 is 1.00 bits per heavy atom. The Kier molecular flexibility index (Phi) is 8.04. The lowest BCUT2D eigenvalue weighted by molar-refractivity contribution is -0.143. The summed E-state index contributed by atoms with van der Waals surface area (Å²) in [5.41, 5.74) is 5.85. The normalized spacial score (nSPS) is 12.2. The number of carbonyl (C=O) groups excluding carboxylic acids is 2. The summed E-state index contributed by atoms with van der Waals surface area (Å²) in [5, 5.41) is 0. The van der Waals surface area contributed by atoms with Crippen LogP contribution in [0.2, 0.25) is 0 Å². The number of hydrogen-bond donors (Lipinski definition) is 0. The van der Waals surface area contributed by atoms with E-state index in [0.717, 1.165) is 40.3 Å². The largest absolute Gasteiger partial charge is 0.455 e. The van der Waals surface area contributed by atoms with Gasteiger partial charge in [-0.3, -0.25) is 0 Å². The standard InChI is InChI=1S/C29H29NO4/c1-6-28(31)33-21(4)23-10-16-26(17-11-23)30(25-14-8-20(3)9-15-25)27-18-12-24(13-19-27)22(5)34-29(32)7-2/h6-19,21-22H,1-2H2,3-5H3. The Bertz CT molecular complexity index is 1080. The Morgan fingerprint density at radius 3 is 1.32 bits per heavy atom. The van der Waals surface area contributed by atoms with Crippen molar-refractivity contribution < 1.29 is 19.1 Å². The number of anilines is 3. The molecule has 5 heteroatoms. The lowest BCUT2D eigenvalue weighted by Crippen LogP contribution is -2.11. The van der Waals surface area contributed by atoms with Crippen LogP contribution in [0.4, 0.5) is 17.1 Å². The molecule has 3 aromatic rings. The average Bonchev–Trinajstić information content (AvgIpc) is 2.85. The summed E-state index contributed by atoms with van der Waals surface area (Å²) in [4.78, 5) is 25.2. The molecule has 3 rings (SSSR count). The first kappa shape index (κ1) is 24.5. The molecular weight excluding hydrogens is 426 g/mol. The van der Waals surface area contributed by atoms with E-state index in [1.165, 1.54) is 5.56 Å². The molecule has 0 saturated carbocycles. The van der Waals surface area contributed by atoms with E-state index in [-0.39, 0.29) is 12.2 Å². The first-order valence-electron chi connectivity index (χ1n) is 11.0. The number of carbonyl (C=O) groups is 2. The zero-order valence-corrected chi connectivity index (χ0v) is 19.7. The number of esters is 2. The van der Waals surface area contributed by atoms with Crippen molar-refractivity contribution in [2.45, 2.75) is 33.0 Å². The number of hydrogen-bond acceptors (Lipinski definition) is 5. The fourth-order valence-electron chi connectivity index (χ4n) is 3.51. The van der Waals surface area contributed by atoms with Crippen molar-refractivity contribution in [2.24, 2.45) is 0 Å². The van der Waals surface area contributed by atoms with Gasteiger partial charge in [0.25, 0.3) is 0 Å². The zero-order chi connectivity index (χ0) is 24.7. The maximum absolute atomic E-state index is 11.5. The number of aryl methyl sites for hydroxylation is 1. The van der Waals surface area contributed by atoms with Crippen molar-refractivity contribution >= 4 is 29.0 Å². The molecule has 0 saturated heterocycles. The van der Waals surface area contributed by atoms with Crippen LogP contribution in [0, 0.1) is 6.92 Å². The molecular formula is C29H29NO4. The van der Waals surface area contributed by atoms with Crippen LogP contribution in [0.15, 0.2) is 98.1 Å². The van der Waals surface area contributed by atoms with E-state index in [9.17, 15) is 9.59 Å². The maximum Gasteiger partial charge on any atom is 0.330 e. The molecule has 0 heterocycles. The quantitative estimate of drug-likeness (QED) is 0.256. The predicted molar refractivity (Wildman–Crippen MR) is 135 cm³/mol. The van der Waals surface area contributed by atoms with Crippen molar-refractivity contribution in [1.82, 2.24) is 0 Å². The molecule has 2 unspecified atom stereocenters. The van der Waals surface area contributed by atoms with Crippen LogP contribution < -0.4 is 4.90 Å². The lowest BCUT2D eigenvalue weighted by Gasteiger charge is -2.26. The van der Waals surface area contributed by atoms with E-state index >= 15 is 0 Å². The van der Waals surface area contributed by atoms with Crippen molar-refractivity contribution in [3.05, 3.63) is 115 Å². The van der Waals surface area contributed by atoms with Gasteiger partial charge in [0.15, 0.2) is 0 Å². The van der Waals surface area contributed by atoms with Gasteiger partial charge in [-0.1, -0.05) is 55.1 Å². The molecule has 0 N–H and O–H groups in total. The summed E-state index contributed by atoms with van der Waals surface area (Å²) in [6.45, 7) is 12.6. The van der Waals surface area contributed by atoms with E-state index in [4.69, 9.17) is 9.47 Å². The molecule has 0 bridgehead atoms. The number of rotatable bonds is 9. The SMILES string of the molecule is C=CC(=O)OC(C)c1ccc(N(c2ccc(C)cc2)c2ccc(C(C)OC(=O)C=C)cc2)cc1. The number of nitrogens with zero attached hydrogens (tertiary/aromatic N) is 1. The summed E-state index contributed by atoms with van der Waals surface area (Å²) in [5.74, 6) is -0.906. The highest BCUT2D eigenvalue weighted by atomic mass is 16.5. The molecule has 5 nitrogen and oxygen atoms in total. The summed E-state index contributed by atoms with van der Waals surface area (Å²) in [6, 6.07) is 24.0. The Labute approximate surface area is 200 Å². The molecule has 0 spiro atoms. The van der Waals surface area contributed by atoms with E-state index < -0.39 is 11.9 Å². The number of benzene rings is 3.